The van der Waals surface area contributed by atoms with Gasteiger partial charge in [-0.3, -0.25) is 0 Å². The first kappa shape index (κ1) is 15.1. The topological polar surface area (TPSA) is 21.3 Å². The molecule has 2 aromatic rings. The van der Waals surface area contributed by atoms with E-state index in [2.05, 4.69) is 64.6 Å². The number of halogens is 1. The SMILES string of the molecule is CCNC(c1ccc(Br)cc1)c1cccc(OCC)c1. The molecule has 0 aliphatic heterocycles. The zero-order valence-corrected chi connectivity index (χ0v) is 13.5. The van der Waals surface area contributed by atoms with E-state index >= 15 is 0 Å². The molecular formula is C17H20BrNO. The summed E-state index contributed by atoms with van der Waals surface area (Å²) in [6.45, 7) is 5.73. The van der Waals surface area contributed by atoms with Gasteiger partial charge >= 0.3 is 0 Å². The molecule has 0 aliphatic rings. The van der Waals surface area contributed by atoms with Crippen LogP contribution in [0.1, 0.15) is 31.0 Å². The van der Waals surface area contributed by atoms with Gasteiger partial charge in [-0.1, -0.05) is 47.1 Å². The van der Waals surface area contributed by atoms with Crippen molar-refractivity contribution in [3.05, 3.63) is 64.1 Å². The molecule has 0 saturated heterocycles. The molecule has 1 N–H and O–H groups in total. The van der Waals surface area contributed by atoms with Crippen LogP contribution in [0.3, 0.4) is 0 Å². The maximum atomic E-state index is 5.59. The molecule has 0 bridgehead atoms. The van der Waals surface area contributed by atoms with E-state index in [1.54, 1.807) is 0 Å². The third-order valence-corrected chi connectivity index (χ3v) is 3.64. The number of rotatable bonds is 6. The van der Waals surface area contributed by atoms with Gasteiger partial charge in [-0.25, -0.2) is 0 Å². The minimum absolute atomic E-state index is 0.188. The van der Waals surface area contributed by atoms with Crippen molar-refractivity contribution in [3.8, 4) is 5.75 Å². The fourth-order valence-electron chi connectivity index (χ4n) is 2.24. The Morgan fingerprint density at radius 1 is 1.05 bits per heavy atom. The van der Waals surface area contributed by atoms with Crippen molar-refractivity contribution in [1.82, 2.24) is 5.32 Å². The lowest BCUT2D eigenvalue weighted by atomic mass is 9.98. The summed E-state index contributed by atoms with van der Waals surface area (Å²) < 4.78 is 6.69. The first-order valence-electron chi connectivity index (χ1n) is 6.96. The van der Waals surface area contributed by atoms with Crippen LogP contribution < -0.4 is 10.1 Å². The largest absolute Gasteiger partial charge is 0.494 e. The zero-order chi connectivity index (χ0) is 14.4. The van der Waals surface area contributed by atoms with Crippen LogP contribution in [0.5, 0.6) is 5.75 Å². The fraction of sp³-hybridized carbons (Fsp3) is 0.294. The van der Waals surface area contributed by atoms with Gasteiger partial charge in [0.05, 0.1) is 12.6 Å². The molecule has 0 amide bonds. The van der Waals surface area contributed by atoms with E-state index in [0.29, 0.717) is 6.61 Å². The Labute approximate surface area is 129 Å². The van der Waals surface area contributed by atoms with Gasteiger partial charge in [-0.2, -0.15) is 0 Å². The van der Waals surface area contributed by atoms with Crippen molar-refractivity contribution in [1.29, 1.82) is 0 Å². The van der Waals surface area contributed by atoms with Gasteiger partial charge in [-0.05, 0) is 48.9 Å². The Balaban J connectivity index is 2.32. The molecule has 3 heteroatoms. The smallest absolute Gasteiger partial charge is 0.119 e. The first-order valence-corrected chi connectivity index (χ1v) is 7.75. The lowest BCUT2D eigenvalue weighted by Crippen LogP contribution is -2.21. The van der Waals surface area contributed by atoms with E-state index in [-0.39, 0.29) is 6.04 Å². The van der Waals surface area contributed by atoms with Gasteiger partial charge in [0.2, 0.25) is 0 Å². The van der Waals surface area contributed by atoms with E-state index < -0.39 is 0 Å². The second-order valence-corrected chi connectivity index (χ2v) is 5.46. The number of hydrogen-bond acceptors (Lipinski definition) is 2. The maximum Gasteiger partial charge on any atom is 0.119 e. The average Bonchev–Trinajstić information content (AvgIpc) is 2.47. The monoisotopic (exact) mass is 333 g/mol. The molecule has 2 aromatic carbocycles. The molecule has 2 rings (SSSR count). The van der Waals surface area contributed by atoms with Crippen molar-refractivity contribution in [2.24, 2.45) is 0 Å². The lowest BCUT2D eigenvalue weighted by molar-refractivity contribution is 0.339. The molecule has 106 valence electrons. The molecule has 0 spiro atoms. The van der Waals surface area contributed by atoms with Crippen LogP contribution in [0.15, 0.2) is 53.0 Å². The standard InChI is InChI=1S/C17H20BrNO/c1-3-19-17(13-8-10-15(18)11-9-13)14-6-5-7-16(12-14)20-4-2/h5-12,17,19H,3-4H2,1-2H3. The van der Waals surface area contributed by atoms with Crippen LogP contribution in [0.25, 0.3) is 0 Å². The van der Waals surface area contributed by atoms with Crippen molar-refractivity contribution in [3.63, 3.8) is 0 Å². The molecule has 0 aromatic heterocycles. The normalized spacial score (nSPS) is 12.2. The highest BCUT2D eigenvalue weighted by Gasteiger charge is 2.13. The van der Waals surface area contributed by atoms with E-state index in [1.165, 1.54) is 11.1 Å². The number of ether oxygens (including phenoxy) is 1. The van der Waals surface area contributed by atoms with E-state index in [1.807, 2.05) is 19.1 Å². The Kier molecular flexibility index (Phi) is 5.62. The Morgan fingerprint density at radius 2 is 1.80 bits per heavy atom. The second kappa shape index (κ2) is 7.46. The van der Waals surface area contributed by atoms with Crippen LogP contribution in [0.4, 0.5) is 0 Å². The highest BCUT2D eigenvalue weighted by molar-refractivity contribution is 9.10. The predicted molar refractivity (Wildman–Crippen MR) is 87.3 cm³/mol. The van der Waals surface area contributed by atoms with Crippen molar-refractivity contribution in [2.75, 3.05) is 13.2 Å². The highest BCUT2D eigenvalue weighted by Crippen LogP contribution is 2.26. The molecule has 0 aliphatic carbocycles. The fourth-order valence-corrected chi connectivity index (χ4v) is 2.50. The Morgan fingerprint density at radius 3 is 2.45 bits per heavy atom. The van der Waals surface area contributed by atoms with Gasteiger partial charge in [0.25, 0.3) is 0 Å². The molecule has 1 atom stereocenters. The molecular weight excluding hydrogens is 314 g/mol. The van der Waals surface area contributed by atoms with Crippen LogP contribution in [0, 0.1) is 0 Å². The van der Waals surface area contributed by atoms with Gasteiger partial charge < -0.3 is 10.1 Å². The minimum Gasteiger partial charge on any atom is -0.494 e. The summed E-state index contributed by atoms with van der Waals surface area (Å²) in [4.78, 5) is 0. The zero-order valence-electron chi connectivity index (χ0n) is 11.9. The highest BCUT2D eigenvalue weighted by atomic mass is 79.9. The summed E-state index contributed by atoms with van der Waals surface area (Å²) in [6, 6.07) is 16.9. The Bertz CT molecular complexity index is 539. The lowest BCUT2D eigenvalue weighted by Gasteiger charge is -2.20. The predicted octanol–water partition coefficient (Wildman–Crippen LogP) is 4.55. The first-order chi connectivity index (χ1) is 9.74. The molecule has 1 unspecified atom stereocenters. The summed E-state index contributed by atoms with van der Waals surface area (Å²) in [6.07, 6.45) is 0. The molecule has 20 heavy (non-hydrogen) atoms. The van der Waals surface area contributed by atoms with Gasteiger partial charge in [-0.15, -0.1) is 0 Å². The number of hydrogen-bond donors (Lipinski definition) is 1. The van der Waals surface area contributed by atoms with Gasteiger partial charge in [0.1, 0.15) is 5.75 Å². The molecule has 2 nitrogen and oxygen atoms in total. The third kappa shape index (κ3) is 3.84. The summed E-state index contributed by atoms with van der Waals surface area (Å²) in [5.74, 6) is 0.921. The van der Waals surface area contributed by atoms with Crippen LogP contribution in [-0.4, -0.2) is 13.2 Å². The average molecular weight is 334 g/mol. The summed E-state index contributed by atoms with van der Waals surface area (Å²) in [5, 5.41) is 3.53. The molecule has 0 radical (unpaired) electrons. The summed E-state index contributed by atoms with van der Waals surface area (Å²) in [5.41, 5.74) is 2.48. The number of benzene rings is 2. The summed E-state index contributed by atoms with van der Waals surface area (Å²) >= 11 is 3.48. The van der Waals surface area contributed by atoms with Gasteiger partial charge in [0.15, 0.2) is 0 Å². The maximum absolute atomic E-state index is 5.59. The van der Waals surface area contributed by atoms with Crippen LogP contribution >= 0.6 is 15.9 Å². The van der Waals surface area contributed by atoms with Crippen molar-refractivity contribution >= 4 is 15.9 Å². The molecule has 0 saturated carbocycles. The third-order valence-electron chi connectivity index (χ3n) is 3.11. The van der Waals surface area contributed by atoms with E-state index in [0.717, 1.165) is 16.8 Å². The minimum atomic E-state index is 0.188. The summed E-state index contributed by atoms with van der Waals surface area (Å²) in [7, 11) is 0. The Hall–Kier alpha value is -1.32. The van der Waals surface area contributed by atoms with Crippen LogP contribution in [-0.2, 0) is 0 Å². The molecule has 0 fully saturated rings. The van der Waals surface area contributed by atoms with Crippen molar-refractivity contribution in [2.45, 2.75) is 19.9 Å². The van der Waals surface area contributed by atoms with E-state index in [9.17, 15) is 0 Å². The second-order valence-electron chi connectivity index (χ2n) is 4.55. The molecule has 0 heterocycles. The number of nitrogens with one attached hydrogen (secondary N) is 1. The van der Waals surface area contributed by atoms with Crippen LogP contribution in [0.2, 0.25) is 0 Å². The van der Waals surface area contributed by atoms with E-state index in [4.69, 9.17) is 4.74 Å². The van der Waals surface area contributed by atoms with Gasteiger partial charge in [0, 0.05) is 4.47 Å². The quantitative estimate of drug-likeness (QED) is 0.837. The van der Waals surface area contributed by atoms with Crippen molar-refractivity contribution < 1.29 is 4.74 Å².